The topological polar surface area (TPSA) is 104 Å². The average Bonchev–Trinajstić information content (AvgIpc) is 2.53. The number of aromatic nitrogens is 2. The Hall–Kier alpha value is -3.27. The molecule has 0 aliphatic heterocycles. The summed E-state index contributed by atoms with van der Waals surface area (Å²) in [5.74, 6) is -0.398. The van der Waals surface area contributed by atoms with Crippen LogP contribution in [-0.4, -0.2) is 14.7 Å². The molecule has 0 radical (unpaired) electrons. The third kappa shape index (κ3) is 2.76. The van der Waals surface area contributed by atoms with Gasteiger partial charge in [0.15, 0.2) is 5.69 Å². The quantitative estimate of drug-likeness (QED) is 0.691. The molecular formula is C15H13N5O2. The Morgan fingerprint density at radius 1 is 1.55 bits per heavy atom. The Morgan fingerprint density at radius 2 is 2.32 bits per heavy atom. The zero-order valence-corrected chi connectivity index (χ0v) is 11.9. The van der Waals surface area contributed by atoms with Crippen molar-refractivity contribution in [1.29, 1.82) is 5.26 Å². The molecule has 2 aromatic rings. The van der Waals surface area contributed by atoms with E-state index in [1.54, 1.807) is 18.3 Å². The molecule has 0 aliphatic rings. The SMILES string of the molecule is C=CCn1c(O)c(C#N)c(C)c(N=Nc2cccnc2)c1=O. The first kappa shape index (κ1) is 15.1. The maximum atomic E-state index is 12.4. The van der Waals surface area contributed by atoms with Gasteiger partial charge in [0.25, 0.3) is 5.56 Å². The molecule has 1 N–H and O–H groups in total. The lowest BCUT2D eigenvalue weighted by Gasteiger charge is -2.10. The van der Waals surface area contributed by atoms with Crippen LogP contribution in [0.5, 0.6) is 5.88 Å². The summed E-state index contributed by atoms with van der Waals surface area (Å²) < 4.78 is 1.02. The fourth-order valence-electron chi connectivity index (χ4n) is 1.88. The van der Waals surface area contributed by atoms with Crippen molar-refractivity contribution in [3.05, 3.63) is 58.7 Å². The van der Waals surface area contributed by atoms with Gasteiger partial charge in [-0.2, -0.15) is 5.26 Å². The molecular weight excluding hydrogens is 282 g/mol. The highest BCUT2D eigenvalue weighted by atomic mass is 16.3. The maximum absolute atomic E-state index is 12.4. The molecule has 0 saturated heterocycles. The van der Waals surface area contributed by atoms with E-state index in [0.29, 0.717) is 5.69 Å². The van der Waals surface area contributed by atoms with Gasteiger partial charge in [0.05, 0.1) is 6.20 Å². The number of rotatable bonds is 4. The summed E-state index contributed by atoms with van der Waals surface area (Å²) in [4.78, 5) is 16.3. The van der Waals surface area contributed by atoms with Crippen molar-refractivity contribution in [2.75, 3.05) is 0 Å². The second-order valence-corrected chi connectivity index (χ2v) is 4.40. The van der Waals surface area contributed by atoms with E-state index in [1.807, 2.05) is 6.07 Å². The molecule has 0 atom stereocenters. The van der Waals surface area contributed by atoms with Crippen LogP contribution in [0.3, 0.4) is 0 Å². The zero-order valence-electron chi connectivity index (χ0n) is 11.9. The molecule has 2 heterocycles. The summed E-state index contributed by atoms with van der Waals surface area (Å²) in [6.07, 6.45) is 4.53. The number of nitriles is 1. The highest BCUT2D eigenvalue weighted by Gasteiger charge is 2.18. The first-order valence-corrected chi connectivity index (χ1v) is 6.39. The van der Waals surface area contributed by atoms with Crippen LogP contribution < -0.4 is 5.56 Å². The smallest absolute Gasteiger partial charge is 0.281 e. The number of hydrogen-bond acceptors (Lipinski definition) is 6. The molecule has 22 heavy (non-hydrogen) atoms. The van der Waals surface area contributed by atoms with Crippen molar-refractivity contribution in [1.82, 2.24) is 9.55 Å². The molecule has 0 aliphatic carbocycles. The summed E-state index contributed by atoms with van der Waals surface area (Å²) in [6.45, 7) is 5.13. The largest absolute Gasteiger partial charge is 0.493 e. The minimum Gasteiger partial charge on any atom is -0.493 e. The van der Waals surface area contributed by atoms with Crippen molar-refractivity contribution in [2.24, 2.45) is 10.2 Å². The third-order valence-electron chi connectivity index (χ3n) is 2.99. The molecule has 0 spiro atoms. The van der Waals surface area contributed by atoms with E-state index in [0.717, 1.165) is 4.57 Å². The van der Waals surface area contributed by atoms with Crippen LogP contribution in [-0.2, 0) is 6.54 Å². The van der Waals surface area contributed by atoms with E-state index in [1.165, 1.54) is 19.2 Å². The maximum Gasteiger partial charge on any atom is 0.281 e. The van der Waals surface area contributed by atoms with Crippen LogP contribution in [0.15, 0.2) is 52.2 Å². The van der Waals surface area contributed by atoms with E-state index in [-0.39, 0.29) is 23.4 Å². The minimum absolute atomic E-state index is 0.0000491. The van der Waals surface area contributed by atoms with Crippen LogP contribution in [0.1, 0.15) is 11.1 Å². The number of aromatic hydroxyl groups is 1. The lowest BCUT2D eigenvalue weighted by atomic mass is 10.1. The molecule has 7 nitrogen and oxygen atoms in total. The van der Waals surface area contributed by atoms with Gasteiger partial charge < -0.3 is 5.11 Å². The van der Waals surface area contributed by atoms with Gasteiger partial charge in [-0.3, -0.25) is 14.3 Å². The van der Waals surface area contributed by atoms with Crippen molar-refractivity contribution >= 4 is 11.4 Å². The lowest BCUT2D eigenvalue weighted by Crippen LogP contribution is -2.21. The molecule has 110 valence electrons. The summed E-state index contributed by atoms with van der Waals surface area (Å²) >= 11 is 0. The van der Waals surface area contributed by atoms with E-state index in [9.17, 15) is 9.90 Å². The average molecular weight is 295 g/mol. The molecule has 2 aromatic heterocycles. The molecule has 2 rings (SSSR count). The number of hydrogen-bond donors (Lipinski definition) is 1. The molecule has 0 saturated carbocycles. The van der Waals surface area contributed by atoms with E-state index in [4.69, 9.17) is 5.26 Å². The molecule has 0 bridgehead atoms. The standard InChI is InChI=1S/C15H13N5O2/c1-3-7-20-14(21)12(8-16)10(2)13(15(20)22)19-18-11-5-4-6-17-9-11/h3-6,9,21H,1,7H2,2H3. The fourth-order valence-corrected chi connectivity index (χ4v) is 1.88. The fraction of sp³-hybridized carbons (Fsp3) is 0.133. The summed E-state index contributed by atoms with van der Waals surface area (Å²) in [5, 5.41) is 27.0. The first-order chi connectivity index (χ1) is 10.6. The van der Waals surface area contributed by atoms with Crippen molar-refractivity contribution in [2.45, 2.75) is 13.5 Å². The summed E-state index contributed by atoms with van der Waals surface area (Å²) in [7, 11) is 0. The number of nitrogens with zero attached hydrogens (tertiary/aromatic N) is 5. The van der Waals surface area contributed by atoms with Crippen molar-refractivity contribution in [3.8, 4) is 11.9 Å². The summed E-state index contributed by atoms with van der Waals surface area (Å²) in [5.41, 5.74) is 0.198. The molecule has 0 fully saturated rings. The van der Waals surface area contributed by atoms with Gasteiger partial charge in [0.1, 0.15) is 17.3 Å². The van der Waals surface area contributed by atoms with E-state index < -0.39 is 11.4 Å². The van der Waals surface area contributed by atoms with Crippen LogP contribution in [0.25, 0.3) is 0 Å². The van der Waals surface area contributed by atoms with Crippen molar-refractivity contribution in [3.63, 3.8) is 0 Å². The van der Waals surface area contributed by atoms with Gasteiger partial charge in [-0.1, -0.05) is 6.08 Å². The monoisotopic (exact) mass is 295 g/mol. The van der Waals surface area contributed by atoms with Gasteiger partial charge in [-0.15, -0.1) is 16.8 Å². The van der Waals surface area contributed by atoms with Crippen LogP contribution in [0, 0.1) is 18.3 Å². The van der Waals surface area contributed by atoms with Gasteiger partial charge in [0.2, 0.25) is 5.88 Å². The van der Waals surface area contributed by atoms with Crippen LogP contribution in [0.2, 0.25) is 0 Å². The normalized spacial score (nSPS) is 10.5. The minimum atomic E-state index is -0.540. The lowest BCUT2D eigenvalue weighted by molar-refractivity contribution is 0.414. The highest BCUT2D eigenvalue weighted by Crippen LogP contribution is 2.26. The first-order valence-electron chi connectivity index (χ1n) is 6.39. The Labute approximate surface area is 126 Å². The Morgan fingerprint density at radius 3 is 2.91 bits per heavy atom. The van der Waals surface area contributed by atoms with E-state index in [2.05, 4.69) is 21.8 Å². The van der Waals surface area contributed by atoms with E-state index >= 15 is 0 Å². The molecule has 0 unspecified atom stereocenters. The van der Waals surface area contributed by atoms with Crippen molar-refractivity contribution < 1.29 is 5.11 Å². The van der Waals surface area contributed by atoms with Crippen LogP contribution in [0.4, 0.5) is 11.4 Å². The van der Waals surface area contributed by atoms with Gasteiger partial charge in [-0.05, 0) is 19.1 Å². The Bertz CT molecular complexity index is 832. The predicted octanol–water partition coefficient (Wildman–Crippen LogP) is 2.73. The van der Waals surface area contributed by atoms with Crippen LogP contribution >= 0.6 is 0 Å². The zero-order chi connectivity index (χ0) is 16.1. The number of allylic oxidation sites excluding steroid dienone is 1. The Kier molecular flexibility index (Phi) is 4.44. The van der Waals surface area contributed by atoms with Gasteiger partial charge in [-0.25, -0.2) is 0 Å². The Balaban J connectivity index is 2.63. The summed E-state index contributed by atoms with van der Waals surface area (Å²) in [6, 6.07) is 5.24. The third-order valence-corrected chi connectivity index (χ3v) is 2.99. The number of azo groups is 1. The second kappa shape index (κ2) is 6.45. The molecule has 0 amide bonds. The molecule has 7 heteroatoms. The predicted molar refractivity (Wildman–Crippen MR) is 80.4 cm³/mol. The van der Waals surface area contributed by atoms with Gasteiger partial charge >= 0.3 is 0 Å². The second-order valence-electron chi connectivity index (χ2n) is 4.40. The van der Waals surface area contributed by atoms with Gasteiger partial charge in [0, 0.05) is 18.3 Å². The number of pyridine rings is 2. The molecule has 0 aromatic carbocycles. The highest BCUT2D eigenvalue weighted by molar-refractivity contribution is 5.56.